The van der Waals surface area contributed by atoms with Gasteiger partial charge in [-0.3, -0.25) is 9.36 Å². The molecule has 3 aliphatic rings. The van der Waals surface area contributed by atoms with Crippen molar-refractivity contribution in [2.24, 2.45) is 29.6 Å². The van der Waals surface area contributed by atoms with Gasteiger partial charge in [0.2, 0.25) is 15.9 Å². The van der Waals surface area contributed by atoms with Crippen LogP contribution in [0.15, 0.2) is 47.4 Å². The molecule has 4 N–H and O–H groups in total. The molecule has 2 aromatic rings. The number of nitrogens with zero attached hydrogens (tertiary/aromatic N) is 1. The first kappa shape index (κ1) is 34.1. The van der Waals surface area contributed by atoms with Gasteiger partial charge in [0, 0.05) is 31.5 Å². The molecule has 248 valence electrons. The molecule has 0 spiro atoms. The topological polar surface area (TPSA) is 163 Å². The van der Waals surface area contributed by atoms with E-state index >= 15 is 0 Å². The predicted molar refractivity (Wildman–Crippen MR) is 159 cm³/mol. The molecule has 1 saturated carbocycles. The van der Waals surface area contributed by atoms with Crippen LogP contribution in [0.1, 0.15) is 32.3 Å². The highest BCUT2D eigenvalue weighted by molar-refractivity contribution is 7.89. The molecule has 2 aliphatic heterocycles. The van der Waals surface area contributed by atoms with Crippen LogP contribution < -0.4 is 10.6 Å². The van der Waals surface area contributed by atoms with Gasteiger partial charge >= 0.3 is 7.60 Å². The van der Waals surface area contributed by atoms with E-state index in [1.807, 2.05) is 0 Å². The summed E-state index contributed by atoms with van der Waals surface area (Å²) >= 11 is 0. The molecule has 1 amide bonds. The normalized spacial score (nSPS) is 25.9. The van der Waals surface area contributed by atoms with Crippen molar-refractivity contribution in [1.29, 1.82) is 0 Å². The third-order valence-corrected chi connectivity index (χ3v) is 11.8. The number of hydrogen-bond donors (Lipinski definition) is 4. The number of fused-ring (bicyclic) bond motifs is 1. The molecule has 2 bridgehead atoms. The largest absolute Gasteiger partial charge is 0.390 e. The van der Waals surface area contributed by atoms with Crippen LogP contribution in [0.4, 0.5) is 8.78 Å². The van der Waals surface area contributed by atoms with Crippen LogP contribution in [-0.4, -0.2) is 78.3 Å². The highest BCUT2D eigenvalue weighted by Gasteiger charge is 2.54. The first-order chi connectivity index (χ1) is 21.1. The Morgan fingerprint density at radius 1 is 1.04 bits per heavy atom. The summed E-state index contributed by atoms with van der Waals surface area (Å²) in [7, 11) is -8.88. The van der Waals surface area contributed by atoms with Crippen LogP contribution >= 0.6 is 7.60 Å². The van der Waals surface area contributed by atoms with Crippen LogP contribution in [0.3, 0.4) is 0 Å². The van der Waals surface area contributed by atoms with E-state index < -0.39 is 47.9 Å². The predicted octanol–water partition coefficient (Wildman–Crippen LogP) is 2.15. The monoisotopic (exact) mass is 672 g/mol. The number of amides is 1. The van der Waals surface area contributed by atoms with E-state index in [4.69, 9.17) is 9.47 Å². The number of ether oxygens (including phenoxy) is 2. The molecule has 3 fully saturated rings. The highest BCUT2D eigenvalue weighted by atomic mass is 32.2. The summed E-state index contributed by atoms with van der Waals surface area (Å²) in [4.78, 5) is 32.0. The van der Waals surface area contributed by atoms with Gasteiger partial charge in [-0.15, -0.1) is 0 Å². The van der Waals surface area contributed by atoms with Gasteiger partial charge in [-0.25, -0.2) is 17.2 Å². The maximum Gasteiger partial charge on any atom is 0.356 e. The van der Waals surface area contributed by atoms with E-state index in [1.165, 1.54) is 0 Å². The van der Waals surface area contributed by atoms with Gasteiger partial charge in [0.15, 0.2) is 6.29 Å². The number of benzene rings is 2. The summed E-state index contributed by atoms with van der Waals surface area (Å²) in [6.07, 6.45) is -0.889. The summed E-state index contributed by atoms with van der Waals surface area (Å²) in [5.74, 6) is -1.66. The number of rotatable bonds is 13. The van der Waals surface area contributed by atoms with E-state index in [1.54, 1.807) is 13.8 Å². The Morgan fingerprint density at radius 3 is 2.31 bits per heavy atom. The lowest BCUT2D eigenvalue weighted by molar-refractivity contribution is -0.165. The summed E-state index contributed by atoms with van der Waals surface area (Å²) in [5.41, 5.74) is 0.167. The van der Waals surface area contributed by atoms with Gasteiger partial charge < -0.3 is 29.7 Å². The van der Waals surface area contributed by atoms with E-state index in [0.717, 1.165) is 47.1 Å². The van der Waals surface area contributed by atoms with Crippen molar-refractivity contribution in [2.75, 3.05) is 26.3 Å². The van der Waals surface area contributed by atoms with Gasteiger partial charge in [-0.05, 0) is 78.5 Å². The Balaban J connectivity index is 1.37. The highest BCUT2D eigenvalue weighted by Crippen LogP contribution is 2.52. The number of aliphatic hydroxyl groups is 1. The van der Waals surface area contributed by atoms with Crippen molar-refractivity contribution in [3.63, 3.8) is 0 Å². The van der Waals surface area contributed by atoms with Crippen LogP contribution in [0.2, 0.25) is 0 Å². The Morgan fingerprint density at radius 2 is 1.69 bits per heavy atom. The molecule has 7 atom stereocenters. The average molecular weight is 673 g/mol. The third-order valence-electron chi connectivity index (χ3n) is 8.94. The summed E-state index contributed by atoms with van der Waals surface area (Å²) in [6.45, 7) is 4.04. The van der Waals surface area contributed by atoms with Crippen molar-refractivity contribution in [1.82, 2.24) is 9.62 Å². The molecular formula is C30H39F2N2O9PS. The number of sulfonamides is 1. The molecule has 1 aliphatic carbocycles. The number of nitrogens with one attached hydrogen (secondary N) is 1. The molecule has 0 radical (unpaired) electrons. The minimum absolute atomic E-state index is 0.000781. The van der Waals surface area contributed by atoms with Crippen molar-refractivity contribution >= 4 is 28.8 Å². The van der Waals surface area contributed by atoms with Crippen molar-refractivity contribution < 1.29 is 50.9 Å². The van der Waals surface area contributed by atoms with E-state index in [0.29, 0.717) is 19.3 Å². The minimum atomic E-state index is -4.60. The zero-order valence-electron chi connectivity index (χ0n) is 25.0. The lowest BCUT2D eigenvalue weighted by atomic mass is 9.86. The molecule has 2 heterocycles. The van der Waals surface area contributed by atoms with Crippen molar-refractivity contribution in [2.45, 2.75) is 56.4 Å². The Bertz CT molecular complexity index is 1520. The maximum absolute atomic E-state index is 14.1. The molecule has 11 nitrogen and oxygen atoms in total. The van der Waals surface area contributed by atoms with Gasteiger partial charge in [0.1, 0.15) is 11.6 Å². The SMILES string of the molecule is CC(C)CN(C[C@@H](O)[C@H](Cc1cc(F)cc(F)c1)NC(=O)C[C@H]1C2CO[C@H]3OC[C@@H]1C3C2)S(=O)(=O)c1ccc(P(=O)(O)O)cc1. The number of carbonyl (C=O) groups excluding carboxylic acids is 1. The van der Waals surface area contributed by atoms with Gasteiger partial charge in [0.05, 0.1) is 35.6 Å². The Kier molecular flexibility index (Phi) is 10.2. The summed E-state index contributed by atoms with van der Waals surface area (Å²) < 4.78 is 79.6. The molecule has 2 unspecified atom stereocenters. The lowest BCUT2D eigenvalue weighted by Crippen LogP contribution is -2.51. The van der Waals surface area contributed by atoms with Crippen LogP contribution in [0.25, 0.3) is 0 Å². The summed E-state index contributed by atoms with van der Waals surface area (Å²) in [5, 5.41) is 13.9. The van der Waals surface area contributed by atoms with E-state index in [-0.39, 0.29) is 76.9 Å². The fourth-order valence-electron chi connectivity index (χ4n) is 6.88. The first-order valence-electron chi connectivity index (χ1n) is 14.9. The number of hydrogen-bond acceptors (Lipinski definition) is 7. The van der Waals surface area contributed by atoms with E-state index in [2.05, 4.69) is 5.32 Å². The molecule has 2 aromatic carbocycles. The second-order valence-corrected chi connectivity index (χ2v) is 16.2. The first-order valence-corrected chi connectivity index (χ1v) is 18.0. The fraction of sp³-hybridized carbons (Fsp3) is 0.567. The van der Waals surface area contributed by atoms with Crippen LogP contribution in [0, 0.1) is 41.2 Å². The standard InChI is InChI=1S/C30H39F2N2O9PS/c1-17(2)13-34(45(40,41)23-5-3-22(4-6-23)44(37,38)39)14-28(35)27(9-18-7-20(31)11-21(32)8-18)33-29(36)12-24-19-10-25-26(24)16-43-30(25)42-15-19/h3-8,11,17,19,24-28,30,35H,9-10,12-16H2,1-2H3,(H,33,36)(H2,37,38,39)/t19?,24-,25?,26-,27-,28+,30-/m0/s1. The maximum atomic E-state index is 14.1. The zero-order chi connectivity index (χ0) is 32.7. The van der Waals surface area contributed by atoms with Gasteiger partial charge in [-0.1, -0.05) is 13.8 Å². The average Bonchev–Trinajstić information content (AvgIpc) is 3.47. The molecule has 45 heavy (non-hydrogen) atoms. The van der Waals surface area contributed by atoms with Crippen LogP contribution in [-0.2, 0) is 35.3 Å². The smallest absolute Gasteiger partial charge is 0.356 e. The van der Waals surface area contributed by atoms with Gasteiger partial charge in [-0.2, -0.15) is 4.31 Å². The quantitative estimate of drug-likeness (QED) is 0.234. The second-order valence-electron chi connectivity index (χ2n) is 12.7. The Labute approximate surface area is 261 Å². The van der Waals surface area contributed by atoms with Crippen molar-refractivity contribution in [3.8, 4) is 0 Å². The molecule has 0 aromatic heterocycles. The lowest BCUT2D eigenvalue weighted by Gasteiger charge is -2.31. The van der Waals surface area contributed by atoms with Gasteiger partial charge in [0.25, 0.3) is 0 Å². The number of halogens is 2. The Hall–Kier alpha value is -2.29. The molecule has 2 saturated heterocycles. The van der Waals surface area contributed by atoms with Crippen LogP contribution in [0.5, 0.6) is 0 Å². The molecule has 5 rings (SSSR count). The number of carbonyl (C=O) groups is 1. The minimum Gasteiger partial charge on any atom is -0.390 e. The zero-order valence-corrected chi connectivity index (χ0v) is 26.7. The fourth-order valence-corrected chi connectivity index (χ4v) is 9.04. The summed E-state index contributed by atoms with van der Waals surface area (Å²) in [6, 6.07) is 6.00. The number of aliphatic hydroxyl groups excluding tert-OH is 1. The van der Waals surface area contributed by atoms with Crippen molar-refractivity contribution in [3.05, 3.63) is 59.7 Å². The molecule has 15 heteroatoms. The van der Waals surface area contributed by atoms with E-state index in [9.17, 15) is 41.5 Å². The molecular weight excluding hydrogens is 633 g/mol. The second kappa shape index (κ2) is 13.4. The third kappa shape index (κ3) is 7.82.